The number of hydrogen-bond acceptors (Lipinski definition) is 4. The summed E-state index contributed by atoms with van der Waals surface area (Å²) in [5, 5.41) is 0.610. The molecule has 1 aromatic rings. The zero-order valence-corrected chi connectivity index (χ0v) is 15.2. The summed E-state index contributed by atoms with van der Waals surface area (Å²) in [6.07, 6.45) is 4.81. The van der Waals surface area contributed by atoms with E-state index in [-0.39, 0.29) is 21.8 Å². The lowest BCUT2D eigenvalue weighted by Gasteiger charge is -2.43. The third-order valence-electron chi connectivity index (χ3n) is 4.72. The van der Waals surface area contributed by atoms with E-state index in [1.165, 1.54) is 25.0 Å². The number of rotatable bonds is 4. The highest BCUT2D eigenvalue weighted by Crippen LogP contribution is 2.29. The molecule has 1 saturated heterocycles. The van der Waals surface area contributed by atoms with E-state index < -0.39 is 9.84 Å². The fourth-order valence-electron chi connectivity index (χ4n) is 3.52. The van der Waals surface area contributed by atoms with E-state index in [1.807, 2.05) is 0 Å². The number of ether oxygens (including phenoxy) is 1. The van der Waals surface area contributed by atoms with E-state index in [4.69, 9.17) is 27.9 Å². The number of morpholine rings is 1. The molecule has 23 heavy (non-hydrogen) atoms. The molecule has 1 saturated carbocycles. The van der Waals surface area contributed by atoms with E-state index >= 15 is 0 Å². The van der Waals surface area contributed by atoms with Gasteiger partial charge in [0.1, 0.15) is 0 Å². The quantitative estimate of drug-likeness (QED) is 0.806. The van der Waals surface area contributed by atoms with Crippen molar-refractivity contribution in [2.45, 2.75) is 42.7 Å². The number of hydrogen-bond donors (Lipinski definition) is 0. The van der Waals surface area contributed by atoms with Crippen LogP contribution < -0.4 is 0 Å². The molecule has 0 amide bonds. The van der Waals surface area contributed by atoms with Crippen molar-refractivity contribution < 1.29 is 13.2 Å². The summed E-state index contributed by atoms with van der Waals surface area (Å²) in [5.41, 5.74) is 0. The van der Waals surface area contributed by atoms with Crippen LogP contribution in [-0.4, -0.2) is 50.9 Å². The minimum absolute atomic E-state index is 0.0519. The largest absolute Gasteiger partial charge is 0.375 e. The van der Waals surface area contributed by atoms with Crippen LogP contribution in [0.4, 0.5) is 0 Å². The molecule has 0 radical (unpaired) electrons. The first-order valence-corrected chi connectivity index (χ1v) is 10.4. The van der Waals surface area contributed by atoms with Gasteiger partial charge in [0.15, 0.2) is 9.84 Å². The molecule has 0 bridgehead atoms. The van der Waals surface area contributed by atoms with Gasteiger partial charge in [0.25, 0.3) is 0 Å². The Morgan fingerprint density at radius 2 is 2.00 bits per heavy atom. The van der Waals surface area contributed by atoms with Crippen molar-refractivity contribution in [1.82, 2.24) is 4.90 Å². The molecule has 2 aliphatic rings. The van der Waals surface area contributed by atoms with Gasteiger partial charge >= 0.3 is 0 Å². The van der Waals surface area contributed by atoms with E-state index in [0.717, 1.165) is 19.4 Å². The zero-order valence-electron chi connectivity index (χ0n) is 12.9. The van der Waals surface area contributed by atoms with Crippen LogP contribution in [0.25, 0.3) is 0 Å². The van der Waals surface area contributed by atoms with Crippen molar-refractivity contribution in [1.29, 1.82) is 0 Å². The molecule has 128 valence electrons. The third kappa shape index (κ3) is 4.02. The second-order valence-electron chi connectivity index (χ2n) is 6.19. The fourth-order valence-corrected chi connectivity index (χ4v) is 5.59. The second kappa shape index (κ2) is 7.28. The minimum atomic E-state index is -3.45. The van der Waals surface area contributed by atoms with Crippen molar-refractivity contribution in [3.05, 3.63) is 28.2 Å². The van der Waals surface area contributed by atoms with E-state index in [9.17, 15) is 8.42 Å². The molecule has 3 rings (SSSR count). The molecule has 0 N–H and O–H groups in total. The summed E-state index contributed by atoms with van der Waals surface area (Å²) in [6.45, 7) is 1.98. The lowest BCUT2D eigenvalue weighted by atomic mass is 9.90. The Balaban J connectivity index is 1.70. The Morgan fingerprint density at radius 3 is 2.83 bits per heavy atom. The van der Waals surface area contributed by atoms with Crippen LogP contribution in [0.3, 0.4) is 0 Å². The van der Waals surface area contributed by atoms with Crippen LogP contribution in [0.1, 0.15) is 25.7 Å². The molecule has 2 fully saturated rings. The topological polar surface area (TPSA) is 46.6 Å². The Kier molecular flexibility index (Phi) is 5.53. The smallest absolute Gasteiger partial charge is 0.181 e. The fraction of sp³-hybridized carbons (Fsp3) is 0.625. The lowest BCUT2D eigenvalue weighted by molar-refractivity contribution is -0.0859. The number of benzene rings is 1. The first-order valence-electron chi connectivity index (χ1n) is 8.01. The molecular formula is C16H21Cl2NO3S. The molecule has 1 heterocycles. The molecule has 7 heteroatoms. The van der Waals surface area contributed by atoms with Gasteiger partial charge in [0.05, 0.1) is 28.4 Å². The highest BCUT2D eigenvalue weighted by Gasteiger charge is 2.34. The van der Waals surface area contributed by atoms with Gasteiger partial charge in [-0.3, -0.25) is 4.90 Å². The summed E-state index contributed by atoms with van der Waals surface area (Å²) >= 11 is 12.0. The van der Waals surface area contributed by atoms with Crippen molar-refractivity contribution in [2.24, 2.45) is 0 Å². The first kappa shape index (κ1) is 17.5. The minimum Gasteiger partial charge on any atom is -0.375 e. The van der Waals surface area contributed by atoms with Gasteiger partial charge < -0.3 is 4.74 Å². The van der Waals surface area contributed by atoms with E-state index in [2.05, 4.69) is 4.90 Å². The maximum Gasteiger partial charge on any atom is 0.181 e. The zero-order chi connectivity index (χ0) is 16.4. The normalized spacial score (nSPS) is 26.0. The highest BCUT2D eigenvalue weighted by molar-refractivity contribution is 7.91. The van der Waals surface area contributed by atoms with Crippen LogP contribution >= 0.6 is 23.2 Å². The predicted octanol–water partition coefficient (Wildman–Crippen LogP) is 3.41. The summed E-state index contributed by atoms with van der Waals surface area (Å²) in [4.78, 5) is 2.39. The molecule has 0 aromatic heterocycles. The number of halogens is 2. The van der Waals surface area contributed by atoms with Gasteiger partial charge in [-0.25, -0.2) is 8.42 Å². The van der Waals surface area contributed by atoms with Gasteiger partial charge in [0, 0.05) is 24.2 Å². The highest BCUT2D eigenvalue weighted by atomic mass is 35.5. The van der Waals surface area contributed by atoms with Gasteiger partial charge in [-0.15, -0.1) is 0 Å². The monoisotopic (exact) mass is 377 g/mol. The number of fused-ring (bicyclic) bond motifs is 1. The van der Waals surface area contributed by atoms with Crippen LogP contribution in [0.5, 0.6) is 0 Å². The van der Waals surface area contributed by atoms with Crippen LogP contribution in [0, 0.1) is 0 Å². The standard InChI is InChI=1S/C16H21Cl2NO3S/c17-12-5-6-13(18)16(11-12)23(20,21)10-8-19-7-9-22-15-4-2-1-3-14(15)19/h5-6,11,14-15H,1-4,7-10H2/t14-,15-/m1/s1. The van der Waals surface area contributed by atoms with E-state index in [1.54, 1.807) is 6.07 Å². The molecule has 4 nitrogen and oxygen atoms in total. The van der Waals surface area contributed by atoms with Crippen molar-refractivity contribution >= 4 is 33.0 Å². The third-order valence-corrected chi connectivity index (χ3v) is 7.13. The Morgan fingerprint density at radius 1 is 1.22 bits per heavy atom. The van der Waals surface area contributed by atoms with Crippen LogP contribution in [-0.2, 0) is 14.6 Å². The van der Waals surface area contributed by atoms with Crippen LogP contribution in [0.15, 0.2) is 23.1 Å². The molecule has 1 aliphatic heterocycles. The molecule has 1 aliphatic carbocycles. The summed E-state index contributed by atoms with van der Waals surface area (Å²) < 4.78 is 31.0. The Bertz CT molecular complexity index is 663. The molecule has 0 spiro atoms. The lowest BCUT2D eigenvalue weighted by Crippen LogP contribution is -2.53. The van der Waals surface area contributed by atoms with Gasteiger partial charge in [-0.1, -0.05) is 36.0 Å². The molecule has 0 unspecified atom stereocenters. The average molecular weight is 378 g/mol. The summed E-state index contributed by atoms with van der Waals surface area (Å²) in [6, 6.07) is 4.91. The predicted molar refractivity (Wildman–Crippen MR) is 92.1 cm³/mol. The number of nitrogens with zero attached hydrogens (tertiary/aromatic N) is 1. The Hall–Kier alpha value is -0.330. The van der Waals surface area contributed by atoms with E-state index in [0.29, 0.717) is 24.2 Å². The van der Waals surface area contributed by atoms with Gasteiger partial charge in [0.2, 0.25) is 0 Å². The van der Waals surface area contributed by atoms with Crippen molar-refractivity contribution in [2.75, 3.05) is 25.4 Å². The van der Waals surface area contributed by atoms with Crippen molar-refractivity contribution in [3.63, 3.8) is 0 Å². The maximum absolute atomic E-state index is 12.6. The number of sulfone groups is 1. The molecule has 2 atom stereocenters. The second-order valence-corrected chi connectivity index (χ2v) is 9.11. The van der Waals surface area contributed by atoms with Gasteiger partial charge in [-0.05, 0) is 31.0 Å². The molecule has 1 aromatic carbocycles. The Labute approximate surface area is 147 Å². The molecular weight excluding hydrogens is 357 g/mol. The maximum atomic E-state index is 12.6. The van der Waals surface area contributed by atoms with Crippen LogP contribution in [0.2, 0.25) is 10.0 Å². The summed E-state index contributed by atoms with van der Waals surface area (Å²) in [7, 11) is -3.45. The first-order chi connectivity index (χ1) is 11.0. The summed E-state index contributed by atoms with van der Waals surface area (Å²) in [5.74, 6) is 0.0519. The average Bonchev–Trinajstić information content (AvgIpc) is 2.55. The van der Waals surface area contributed by atoms with Gasteiger partial charge in [-0.2, -0.15) is 0 Å². The SMILES string of the molecule is O=S(=O)(CCN1CCO[C@@H]2CCCC[C@H]21)c1cc(Cl)ccc1Cl. The van der Waals surface area contributed by atoms with Crippen molar-refractivity contribution in [3.8, 4) is 0 Å².